The van der Waals surface area contributed by atoms with E-state index in [-0.39, 0.29) is 11.3 Å². The summed E-state index contributed by atoms with van der Waals surface area (Å²) in [5.74, 6) is -2.98. The van der Waals surface area contributed by atoms with E-state index in [0.29, 0.717) is 5.39 Å². The van der Waals surface area contributed by atoms with E-state index in [1.807, 2.05) is 0 Å². The number of fused-ring (bicyclic) bond motifs is 1. The minimum absolute atomic E-state index is 0.156. The van der Waals surface area contributed by atoms with Crippen molar-refractivity contribution in [1.82, 2.24) is 3.97 Å². The Bertz CT molecular complexity index is 1170. The highest BCUT2D eigenvalue weighted by molar-refractivity contribution is 7.90. The number of halogens is 4. The second-order valence-corrected chi connectivity index (χ2v) is 7.45. The largest absolute Gasteiger partial charge is 0.495 e. The van der Waals surface area contributed by atoms with Gasteiger partial charge in [-0.15, -0.1) is 0 Å². The molecule has 0 atom stereocenters. The Morgan fingerprint density at radius 3 is 2.46 bits per heavy atom. The molecule has 1 N–H and O–H groups in total. The minimum atomic E-state index is -5.17. The second kappa shape index (κ2) is 6.82. The molecular formula is C17H12F4N2O4S. The van der Waals surface area contributed by atoms with Crippen LogP contribution in [-0.2, 0) is 14.8 Å². The third-order valence-electron chi connectivity index (χ3n) is 3.85. The topological polar surface area (TPSA) is 77.4 Å². The first-order valence-corrected chi connectivity index (χ1v) is 9.06. The molecule has 1 heterocycles. The van der Waals surface area contributed by atoms with Crippen LogP contribution < -0.4 is 10.1 Å². The van der Waals surface area contributed by atoms with Crippen molar-refractivity contribution in [2.45, 2.75) is 11.1 Å². The van der Waals surface area contributed by atoms with Gasteiger partial charge in [-0.25, -0.2) is 16.8 Å². The molecular weight excluding hydrogens is 404 g/mol. The molecule has 1 aromatic heterocycles. The van der Waals surface area contributed by atoms with Crippen molar-refractivity contribution in [3.63, 3.8) is 0 Å². The van der Waals surface area contributed by atoms with E-state index in [1.165, 1.54) is 18.3 Å². The predicted molar refractivity (Wildman–Crippen MR) is 92.2 cm³/mol. The van der Waals surface area contributed by atoms with E-state index in [9.17, 15) is 30.8 Å². The average molecular weight is 416 g/mol. The maximum Gasteiger partial charge on any atom is 0.471 e. The Morgan fingerprint density at radius 2 is 1.82 bits per heavy atom. The number of rotatable bonds is 4. The third kappa shape index (κ3) is 3.52. The molecule has 0 saturated heterocycles. The first kappa shape index (κ1) is 19.7. The zero-order valence-corrected chi connectivity index (χ0v) is 14.9. The van der Waals surface area contributed by atoms with Crippen molar-refractivity contribution in [3.8, 4) is 5.75 Å². The summed E-state index contributed by atoms with van der Waals surface area (Å²) in [7, 11) is -3.09. The average Bonchev–Trinajstić information content (AvgIpc) is 3.04. The van der Waals surface area contributed by atoms with Gasteiger partial charge < -0.3 is 10.1 Å². The molecule has 0 aliphatic rings. The number of carbonyl (C=O) groups is 1. The standard InChI is InChI=1S/C17H12F4N2O4S/c1-27-15-5-3-12(9-13(15)22-16(24)17(19,20)21)28(25,26)23-7-6-10-8-11(18)2-4-14(10)23/h2-9H,1H3,(H,22,24). The van der Waals surface area contributed by atoms with E-state index in [4.69, 9.17) is 4.74 Å². The molecule has 2 aromatic carbocycles. The fourth-order valence-corrected chi connectivity index (χ4v) is 3.93. The fraction of sp³-hybridized carbons (Fsp3) is 0.118. The molecule has 3 rings (SSSR count). The van der Waals surface area contributed by atoms with Crippen LogP contribution in [0.4, 0.5) is 23.2 Å². The number of anilines is 1. The number of ether oxygens (including phenoxy) is 1. The lowest BCUT2D eigenvalue weighted by molar-refractivity contribution is -0.167. The number of hydrogen-bond acceptors (Lipinski definition) is 4. The highest BCUT2D eigenvalue weighted by atomic mass is 32.2. The zero-order valence-electron chi connectivity index (χ0n) is 14.1. The van der Waals surface area contributed by atoms with Gasteiger partial charge in [-0.05, 0) is 42.5 Å². The number of methoxy groups -OCH3 is 1. The van der Waals surface area contributed by atoms with Gasteiger partial charge in [0, 0.05) is 11.6 Å². The summed E-state index contributed by atoms with van der Waals surface area (Å²) in [4.78, 5) is 10.8. The molecule has 11 heteroatoms. The van der Waals surface area contributed by atoms with Crippen LogP contribution in [0.25, 0.3) is 10.9 Å². The Labute approximate surface area is 156 Å². The summed E-state index contributed by atoms with van der Waals surface area (Å²) in [6.45, 7) is 0. The van der Waals surface area contributed by atoms with Gasteiger partial charge in [0.2, 0.25) is 0 Å². The van der Waals surface area contributed by atoms with E-state index in [0.717, 1.165) is 41.4 Å². The maximum absolute atomic E-state index is 13.3. The molecule has 0 bridgehead atoms. The van der Waals surface area contributed by atoms with Crippen LogP contribution in [-0.4, -0.2) is 31.6 Å². The van der Waals surface area contributed by atoms with Crippen molar-refractivity contribution < 1.29 is 35.5 Å². The lowest BCUT2D eigenvalue weighted by Crippen LogP contribution is -2.30. The number of alkyl halides is 3. The first-order valence-electron chi connectivity index (χ1n) is 7.62. The number of nitrogens with one attached hydrogen (secondary N) is 1. The summed E-state index contributed by atoms with van der Waals surface area (Å²) < 4.78 is 82.5. The van der Waals surface area contributed by atoms with Crippen LogP contribution in [0, 0.1) is 5.82 Å². The molecule has 148 valence electrons. The van der Waals surface area contributed by atoms with Gasteiger partial charge in [0.1, 0.15) is 11.6 Å². The number of benzene rings is 2. The van der Waals surface area contributed by atoms with Gasteiger partial charge in [-0.3, -0.25) is 4.79 Å². The number of nitrogens with zero attached hydrogens (tertiary/aromatic N) is 1. The van der Waals surface area contributed by atoms with Crippen LogP contribution in [0.3, 0.4) is 0 Å². The van der Waals surface area contributed by atoms with Crippen molar-refractivity contribution in [3.05, 3.63) is 54.5 Å². The van der Waals surface area contributed by atoms with E-state index >= 15 is 0 Å². The van der Waals surface area contributed by atoms with Gasteiger partial charge in [0.15, 0.2) is 0 Å². The highest BCUT2D eigenvalue weighted by Gasteiger charge is 2.39. The van der Waals surface area contributed by atoms with Crippen LogP contribution in [0.2, 0.25) is 0 Å². The highest BCUT2D eigenvalue weighted by Crippen LogP contribution is 2.31. The Morgan fingerprint density at radius 1 is 1.11 bits per heavy atom. The molecule has 6 nitrogen and oxygen atoms in total. The summed E-state index contributed by atoms with van der Waals surface area (Å²) in [5.41, 5.74) is -0.286. The SMILES string of the molecule is COc1ccc(S(=O)(=O)n2ccc3cc(F)ccc32)cc1NC(=O)C(F)(F)F. The normalized spacial score (nSPS) is 12.2. The molecule has 28 heavy (non-hydrogen) atoms. The number of carbonyl (C=O) groups excluding carboxylic acids is 1. The molecule has 1 amide bonds. The van der Waals surface area contributed by atoms with Gasteiger partial charge >= 0.3 is 12.1 Å². The summed E-state index contributed by atoms with van der Waals surface area (Å²) in [5, 5.41) is 1.91. The molecule has 3 aromatic rings. The Hall–Kier alpha value is -3.08. The van der Waals surface area contributed by atoms with E-state index in [1.54, 1.807) is 5.32 Å². The van der Waals surface area contributed by atoms with Gasteiger partial charge in [-0.1, -0.05) is 0 Å². The molecule has 0 aliphatic carbocycles. The van der Waals surface area contributed by atoms with Crippen LogP contribution in [0.1, 0.15) is 0 Å². The predicted octanol–water partition coefficient (Wildman–Crippen LogP) is 3.53. The second-order valence-electron chi connectivity index (χ2n) is 5.63. The van der Waals surface area contributed by atoms with E-state index in [2.05, 4.69) is 0 Å². The monoisotopic (exact) mass is 416 g/mol. The lowest BCUT2D eigenvalue weighted by atomic mass is 10.2. The molecule has 0 unspecified atom stereocenters. The van der Waals surface area contributed by atoms with Gasteiger partial charge in [-0.2, -0.15) is 13.2 Å². The summed E-state index contributed by atoms with van der Waals surface area (Å²) >= 11 is 0. The quantitative estimate of drug-likeness (QED) is 0.661. The summed E-state index contributed by atoms with van der Waals surface area (Å²) in [6, 6.07) is 7.95. The van der Waals surface area contributed by atoms with Crippen LogP contribution >= 0.6 is 0 Å². The van der Waals surface area contributed by atoms with Crippen LogP contribution in [0.5, 0.6) is 5.75 Å². The fourth-order valence-electron chi connectivity index (χ4n) is 2.55. The summed E-state index contributed by atoms with van der Waals surface area (Å²) in [6.07, 6.45) is -3.97. The number of hydrogen-bond donors (Lipinski definition) is 1. The smallest absolute Gasteiger partial charge is 0.471 e. The first-order chi connectivity index (χ1) is 13.0. The molecule has 0 fully saturated rings. The maximum atomic E-state index is 13.3. The molecule has 0 aliphatic heterocycles. The molecule has 0 spiro atoms. The van der Waals surface area contributed by atoms with Crippen LogP contribution in [0.15, 0.2) is 53.6 Å². The Kier molecular flexibility index (Phi) is 4.79. The van der Waals surface area contributed by atoms with Crippen molar-refractivity contribution in [2.75, 3.05) is 12.4 Å². The number of amides is 1. The van der Waals surface area contributed by atoms with Gasteiger partial charge in [0.25, 0.3) is 10.0 Å². The molecule has 0 radical (unpaired) electrons. The third-order valence-corrected chi connectivity index (χ3v) is 5.54. The minimum Gasteiger partial charge on any atom is -0.495 e. The lowest BCUT2D eigenvalue weighted by Gasteiger charge is -2.14. The van der Waals surface area contributed by atoms with Crippen molar-refractivity contribution >= 4 is 32.5 Å². The van der Waals surface area contributed by atoms with Crippen molar-refractivity contribution in [1.29, 1.82) is 0 Å². The molecule has 0 saturated carbocycles. The van der Waals surface area contributed by atoms with E-state index < -0.39 is 38.5 Å². The number of aromatic nitrogens is 1. The van der Waals surface area contributed by atoms with Gasteiger partial charge in [0.05, 0.1) is 23.2 Å². The zero-order chi connectivity index (χ0) is 20.7. The van der Waals surface area contributed by atoms with Crippen molar-refractivity contribution in [2.24, 2.45) is 0 Å². The Balaban J connectivity index is 2.09.